The van der Waals surface area contributed by atoms with Gasteiger partial charge in [-0.2, -0.15) is 0 Å². The van der Waals surface area contributed by atoms with E-state index in [0.717, 1.165) is 85.3 Å². The lowest BCUT2D eigenvalue weighted by Crippen LogP contribution is -2.72. The lowest BCUT2D eigenvalue weighted by molar-refractivity contribution is -0.160. The lowest BCUT2D eigenvalue weighted by atomic mass is 9.73. The number of hydrogen-bond acceptors (Lipinski definition) is 8. The average molecular weight is 591 g/mol. The Morgan fingerprint density at radius 2 is 1.73 bits per heavy atom. The molecule has 1 atom stereocenters. The number of hydrogen-bond donors (Lipinski definition) is 1. The maximum atomic E-state index is 13.2. The Morgan fingerprint density at radius 1 is 1.00 bits per heavy atom. The van der Waals surface area contributed by atoms with E-state index in [9.17, 15) is 4.79 Å². The van der Waals surface area contributed by atoms with Gasteiger partial charge in [-0.05, 0) is 80.9 Å². The fourth-order valence-corrected chi connectivity index (χ4v) is 7.10. The number of nitrogens with two attached hydrogens (primary N) is 1. The Bertz CT molecular complexity index is 1710. The van der Waals surface area contributed by atoms with Crippen LogP contribution in [0.5, 0.6) is 0 Å². The van der Waals surface area contributed by atoms with Gasteiger partial charge in [0.25, 0.3) is 0 Å². The van der Waals surface area contributed by atoms with E-state index in [0.29, 0.717) is 29.3 Å². The smallest absolute Gasteiger partial charge is 0.227 e. The number of rotatable bonds is 6. The topological polar surface area (TPSA) is 113 Å². The molecule has 1 amide bonds. The summed E-state index contributed by atoms with van der Waals surface area (Å²) in [5.41, 5.74) is 12.4. The summed E-state index contributed by atoms with van der Waals surface area (Å²) in [6.07, 6.45) is 6.83. The summed E-state index contributed by atoms with van der Waals surface area (Å²) in [5, 5.41) is 0. The lowest BCUT2D eigenvalue weighted by Gasteiger charge is -2.59. The first-order valence-electron chi connectivity index (χ1n) is 15.4. The van der Waals surface area contributed by atoms with Crippen LogP contribution < -0.4 is 10.6 Å². The van der Waals surface area contributed by atoms with Crippen molar-refractivity contribution in [2.75, 3.05) is 56.9 Å². The molecule has 6 heterocycles. The highest BCUT2D eigenvalue weighted by atomic mass is 16.2. The Hall–Kier alpha value is -4.57. The van der Waals surface area contributed by atoms with E-state index in [2.05, 4.69) is 74.3 Å². The van der Waals surface area contributed by atoms with Crippen LogP contribution in [0.3, 0.4) is 0 Å². The predicted octanol–water partition coefficient (Wildman–Crippen LogP) is 3.91. The van der Waals surface area contributed by atoms with Crippen LogP contribution in [0.4, 0.5) is 11.5 Å². The highest BCUT2D eigenvalue weighted by Gasteiger charge is 2.52. The second-order valence-electron chi connectivity index (χ2n) is 12.7. The van der Waals surface area contributed by atoms with E-state index in [-0.39, 0.29) is 5.92 Å². The van der Waals surface area contributed by atoms with E-state index in [1.165, 1.54) is 18.9 Å². The summed E-state index contributed by atoms with van der Waals surface area (Å²) in [5.74, 6) is 2.15. The quantitative estimate of drug-likeness (QED) is 0.266. The molecule has 3 aromatic heterocycles. The molecule has 3 saturated heterocycles. The van der Waals surface area contributed by atoms with Gasteiger partial charge in [-0.25, -0.2) is 15.0 Å². The Kier molecular flexibility index (Phi) is 7.16. The standard InChI is InChI=1S/C31H34N8O.C3H4O/c1-36-16-31(17-36)18-38(19-31)30(40)21-12-14-37(15-21)22-6-8-23(9-7-22)39-28(24-3-2-13-33-27(24)32)35-26-11-10-25(20-4-5-20)34-29(26)39;1-2-3-4/h2-3,6-11,13,20-21H,4-5,12,14-19H2,1H3,(H2,32,33);2-3H,1H2. The number of nitrogens with zero attached hydrogens (tertiary/aromatic N) is 7. The number of imidazole rings is 1. The highest BCUT2D eigenvalue weighted by Crippen LogP contribution is 2.41. The number of benzene rings is 1. The Balaban J connectivity index is 0.000000739. The van der Waals surface area contributed by atoms with Gasteiger partial charge in [-0.15, -0.1) is 0 Å². The van der Waals surface area contributed by atoms with Crippen molar-refractivity contribution in [1.29, 1.82) is 0 Å². The minimum absolute atomic E-state index is 0.0811. The highest BCUT2D eigenvalue weighted by molar-refractivity contribution is 5.83. The van der Waals surface area contributed by atoms with Crippen LogP contribution in [-0.4, -0.2) is 87.8 Å². The van der Waals surface area contributed by atoms with Crippen LogP contribution in [0.25, 0.3) is 28.2 Å². The third-order valence-electron chi connectivity index (χ3n) is 9.28. The van der Waals surface area contributed by atoms with Gasteiger partial charge in [0.1, 0.15) is 17.6 Å². The van der Waals surface area contributed by atoms with Crippen LogP contribution >= 0.6 is 0 Å². The molecule has 0 radical (unpaired) electrons. The zero-order valence-electron chi connectivity index (χ0n) is 25.1. The second-order valence-corrected chi connectivity index (χ2v) is 12.7. The summed E-state index contributed by atoms with van der Waals surface area (Å²) in [4.78, 5) is 43.3. The SMILES string of the molecule is C=CC=O.CN1CC2(C1)CN(C(=O)C1CCN(c3ccc(-n4c(-c5cccnc5N)nc5ccc(C6CC6)nc54)cc3)C1)C2. The molecule has 1 unspecified atom stereocenters. The summed E-state index contributed by atoms with van der Waals surface area (Å²) in [6, 6.07) is 16.6. The molecule has 4 aromatic rings. The molecular weight excluding hydrogens is 552 g/mol. The van der Waals surface area contributed by atoms with E-state index in [1.54, 1.807) is 6.20 Å². The fourth-order valence-electron chi connectivity index (χ4n) is 7.10. The number of carbonyl (C=O) groups excluding carboxylic acids is 2. The molecule has 4 fully saturated rings. The molecule has 44 heavy (non-hydrogen) atoms. The van der Waals surface area contributed by atoms with Crippen molar-refractivity contribution in [2.45, 2.75) is 25.2 Å². The van der Waals surface area contributed by atoms with E-state index >= 15 is 0 Å². The van der Waals surface area contributed by atoms with E-state index in [4.69, 9.17) is 20.5 Å². The summed E-state index contributed by atoms with van der Waals surface area (Å²) >= 11 is 0. The van der Waals surface area contributed by atoms with Crippen LogP contribution in [0.15, 0.2) is 67.4 Å². The van der Waals surface area contributed by atoms with Crippen LogP contribution in [0.2, 0.25) is 0 Å². The molecular formula is C34H38N8O2. The average Bonchev–Trinajstić information content (AvgIpc) is 3.62. The first kappa shape index (κ1) is 28.2. The van der Waals surface area contributed by atoms with Crippen molar-refractivity contribution >= 4 is 34.9 Å². The third-order valence-corrected chi connectivity index (χ3v) is 9.28. The molecule has 10 nitrogen and oxygen atoms in total. The van der Waals surface area contributed by atoms with Gasteiger partial charge >= 0.3 is 0 Å². The van der Waals surface area contributed by atoms with E-state index in [1.807, 2.05) is 12.1 Å². The molecule has 226 valence electrons. The van der Waals surface area contributed by atoms with Gasteiger partial charge < -0.3 is 20.4 Å². The number of aromatic nitrogens is 4. The Morgan fingerprint density at radius 3 is 2.39 bits per heavy atom. The number of fused-ring (bicyclic) bond motifs is 1. The van der Waals surface area contributed by atoms with Gasteiger partial charge in [0.15, 0.2) is 11.5 Å². The molecule has 2 N–H and O–H groups in total. The van der Waals surface area contributed by atoms with Crippen molar-refractivity contribution in [3.63, 3.8) is 0 Å². The second kappa shape index (κ2) is 11.2. The molecule has 10 heteroatoms. The maximum absolute atomic E-state index is 13.2. The number of amides is 1. The normalized spacial score (nSPS) is 20.5. The zero-order chi connectivity index (χ0) is 30.4. The minimum atomic E-state index is 0.0811. The van der Waals surface area contributed by atoms with E-state index < -0.39 is 0 Å². The first-order chi connectivity index (χ1) is 21.4. The Labute approximate surface area is 257 Å². The van der Waals surface area contributed by atoms with Crippen LogP contribution in [0.1, 0.15) is 30.9 Å². The van der Waals surface area contributed by atoms with Gasteiger partial charge in [0.05, 0.1) is 11.5 Å². The minimum Gasteiger partial charge on any atom is -0.383 e. The van der Waals surface area contributed by atoms with Crippen molar-refractivity contribution in [3.05, 3.63) is 73.1 Å². The molecule has 1 spiro atoms. The molecule has 3 aliphatic heterocycles. The zero-order valence-corrected chi connectivity index (χ0v) is 25.1. The van der Waals surface area contributed by atoms with Gasteiger partial charge in [-0.1, -0.05) is 6.58 Å². The molecule has 1 aliphatic carbocycles. The van der Waals surface area contributed by atoms with Gasteiger partial charge in [-0.3, -0.25) is 14.2 Å². The summed E-state index contributed by atoms with van der Waals surface area (Å²) < 4.78 is 2.10. The first-order valence-corrected chi connectivity index (χ1v) is 15.4. The van der Waals surface area contributed by atoms with Gasteiger partial charge in [0, 0.05) is 73.9 Å². The molecule has 8 rings (SSSR count). The number of carbonyl (C=O) groups is 2. The molecule has 1 saturated carbocycles. The molecule has 4 aliphatic rings. The number of aldehydes is 1. The van der Waals surface area contributed by atoms with Gasteiger partial charge in [0.2, 0.25) is 5.91 Å². The van der Waals surface area contributed by atoms with Crippen molar-refractivity contribution in [3.8, 4) is 17.1 Å². The fraction of sp³-hybridized carbons (Fsp3) is 0.382. The van der Waals surface area contributed by atoms with Crippen LogP contribution in [0, 0.1) is 11.3 Å². The molecule has 1 aromatic carbocycles. The molecule has 0 bridgehead atoms. The largest absolute Gasteiger partial charge is 0.383 e. The maximum Gasteiger partial charge on any atom is 0.227 e. The monoisotopic (exact) mass is 590 g/mol. The summed E-state index contributed by atoms with van der Waals surface area (Å²) in [6.45, 7) is 8.90. The number of anilines is 2. The van der Waals surface area contributed by atoms with Crippen molar-refractivity contribution < 1.29 is 9.59 Å². The predicted molar refractivity (Wildman–Crippen MR) is 172 cm³/mol. The number of allylic oxidation sites excluding steroid dienone is 1. The van der Waals surface area contributed by atoms with Crippen LogP contribution in [-0.2, 0) is 9.59 Å². The third kappa shape index (κ3) is 5.13. The number of pyridine rings is 2. The number of nitrogen functional groups attached to an aromatic ring is 1. The van der Waals surface area contributed by atoms with Crippen molar-refractivity contribution in [2.24, 2.45) is 11.3 Å². The van der Waals surface area contributed by atoms with Crippen molar-refractivity contribution in [1.82, 2.24) is 29.3 Å². The summed E-state index contributed by atoms with van der Waals surface area (Å²) in [7, 11) is 2.15. The number of likely N-dealkylation sites (tertiary alicyclic amines) is 2.